The summed E-state index contributed by atoms with van der Waals surface area (Å²) < 4.78 is 4.77. The van der Waals surface area contributed by atoms with E-state index in [1.807, 2.05) is 23.9 Å². The van der Waals surface area contributed by atoms with Gasteiger partial charge in [-0.3, -0.25) is 0 Å². The smallest absolute Gasteiger partial charge is 0.512 e. The van der Waals surface area contributed by atoms with Crippen LogP contribution in [0.2, 0.25) is 0 Å². The molecule has 0 atom stereocenters. The van der Waals surface area contributed by atoms with Gasteiger partial charge in [0.05, 0.1) is 0 Å². The molecule has 0 saturated heterocycles. The normalized spacial score (nSPS) is 16.3. The summed E-state index contributed by atoms with van der Waals surface area (Å²) in [5.41, 5.74) is 0. The lowest BCUT2D eigenvalue weighted by Gasteiger charge is -2.21. The predicted octanol–water partition coefficient (Wildman–Crippen LogP) is 3.10. The maximum absolute atomic E-state index is 8.69. The summed E-state index contributed by atoms with van der Waals surface area (Å²) in [6.07, 6.45) is 8.35. The van der Waals surface area contributed by atoms with Crippen LogP contribution in [0.4, 0.5) is 0 Å². The zero-order valence-electron chi connectivity index (χ0n) is 11.1. The average Bonchev–Trinajstić information content (AvgIpc) is 2.41. The molecule has 2 rings (SSSR count). The van der Waals surface area contributed by atoms with Crippen molar-refractivity contribution in [1.29, 1.82) is 0 Å². The van der Waals surface area contributed by atoms with E-state index in [-0.39, 0.29) is 0 Å². The van der Waals surface area contributed by atoms with E-state index in [2.05, 4.69) is 0 Å². The van der Waals surface area contributed by atoms with Crippen molar-refractivity contribution in [2.24, 2.45) is 5.92 Å². The van der Waals surface area contributed by atoms with E-state index in [9.17, 15) is 0 Å². The van der Waals surface area contributed by atoms with Gasteiger partial charge >= 0.3 is 7.32 Å². The van der Waals surface area contributed by atoms with Crippen LogP contribution in [0.3, 0.4) is 0 Å². The van der Waals surface area contributed by atoms with Crippen molar-refractivity contribution in [1.82, 2.24) is 0 Å². The Balaban J connectivity index is 1.70. The van der Waals surface area contributed by atoms with Crippen LogP contribution >= 0.6 is 11.8 Å². The van der Waals surface area contributed by atoms with Gasteiger partial charge in [-0.1, -0.05) is 32.1 Å². The van der Waals surface area contributed by atoms with E-state index in [0.29, 0.717) is 5.75 Å². The number of hydrogen-bond acceptors (Lipinski definition) is 4. The van der Waals surface area contributed by atoms with Crippen LogP contribution in [0.1, 0.15) is 38.5 Å². The molecule has 0 amide bonds. The quantitative estimate of drug-likeness (QED) is 0.621. The summed E-state index contributed by atoms with van der Waals surface area (Å²) >= 11 is 1.86. The highest BCUT2D eigenvalue weighted by Gasteiger charge is 2.13. The van der Waals surface area contributed by atoms with Crippen LogP contribution < -0.4 is 4.65 Å². The third kappa shape index (κ3) is 5.47. The van der Waals surface area contributed by atoms with E-state index in [0.717, 1.165) is 11.7 Å². The van der Waals surface area contributed by atoms with Gasteiger partial charge in [0.1, 0.15) is 5.75 Å². The van der Waals surface area contributed by atoms with Crippen LogP contribution in [-0.4, -0.2) is 23.1 Å². The highest BCUT2D eigenvalue weighted by molar-refractivity contribution is 7.99. The average molecular weight is 280 g/mol. The lowest BCUT2D eigenvalue weighted by atomic mass is 9.88. The fourth-order valence-corrected chi connectivity index (χ4v) is 3.57. The van der Waals surface area contributed by atoms with E-state index in [1.54, 1.807) is 12.1 Å². The Morgan fingerprint density at radius 1 is 1.11 bits per heavy atom. The van der Waals surface area contributed by atoms with Gasteiger partial charge in [0, 0.05) is 4.90 Å². The van der Waals surface area contributed by atoms with Crippen LogP contribution in [-0.2, 0) is 0 Å². The molecule has 0 aliphatic heterocycles. The number of rotatable bonds is 6. The predicted molar refractivity (Wildman–Crippen MR) is 79.2 cm³/mol. The van der Waals surface area contributed by atoms with Crippen molar-refractivity contribution in [2.45, 2.75) is 43.4 Å². The Hall–Kier alpha value is -0.645. The molecule has 0 spiro atoms. The molecule has 104 valence electrons. The third-order valence-corrected chi connectivity index (χ3v) is 4.63. The Bertz CT molecular complexity index is 363. The molecule has 0 unspecified atom stereocenters. The third-order valence-electron chi connectivity index (χ3n) is 3.58. The summed E-state index contributed by atoms with van der Waals surface area (Å²) in [6.45, 7) is 0. The van der Waals surface area contributed by atoms with Crippen LogP contribution in [0.15, 0.2) is 29.2 Å². The van der Waals surface area contributed by atoms with Gasteiger partial charge < -0.3 is 14.7 Å². The SMILES string of the molecule is OB(O)Oc1ccc(SCCC2CCCCC2)cc1. The van der Waals surface area contributed by atoms with E-state index in [1.165, 1.54) is 43.4 Å². The molecule has 1 aliphatic rings. The lowest BCUT2D eigenvalue weighted by molar-refractivity contribution is 0.288. The molecule has 5 heteroatoms. The molecule has 2 N–H and O–H groups in total. The van der Waals surface area contributed by atoms with E-state index >= 15 is 0 Å². The summed E-state index contributed by atoms with van der Waals surface area (Å²) in [4.78, 5) is 1.20. The first-order chi connectivity index (χ1) is 9.24. The number of thioether (sulfide) groups is 1. The molecule has 0 aromatic heterocycles. The van der Waals surface area contributed by atoms with Gasteiger partial charge in [0.25, 0.3) is 0 Å². The first-order valence-corrected chi connectivity index (χ1v) is 7.98. The van der Waals surface area contributed by atoms with Gasteiger partial charge in [-0.25, -0.2) is 0 Å². The van der Waals surface area contributed by atoms with Gasteiger partial charge in [-0.2, -0.15) is 0 Å². The molecule has 1 fully saturated rings. The highest BCUT2D eigenvalue weighted by Crippen LogP contribution is 2.29. The van der Waals surface area contributed by atoms with E-state index in [4.69, 9.17) is 14.7 Å². The largest absolute Gasteiger partial charge is 0.707 e. The summed E-state index contributed by atoms with van der Waals surface area (Å²) in [5.74, 6) is 2.56. The van der Waals surface area contributed by atoms with Gasteiger partial charge in [0.15, 0.2) is 0 Å². The second-order valence-corrected chi connectivity index (χ2v) is 6.23. The fraction of sp³-hybridized carbons (Fsp3) is 0.571. The topological polar surface area (TPSA) is 49.7 Å². The zero-order valence-corrected chi connectivity index (χ0v) is 11.9. The Morgan fingerprint density at radius 3 is 2.42 bits per heavy atom. The fourth-order valence-electron chi connectivity index (χ4n) is 2.56. The molecule has 19 heavy (non-hydrogen) atoms. The number of benzene rings is 1. The number of hydrogen-bond donors (Lipinski definition) is 2. The molecule has 1 aromatic rings. The van der Waals surface area contributed by atoms with Gasteiger partial charge in [0.2, 0.25) is 0 Å². The van der Waals surface area contributed by atoms with Crippen molar-refractivity contribution < 1.29 is 14.7 Å². The Labute approximate surface area is 119 Å². The van der Waals surface area contributed by atoms with Crippen LogP contribution in [0.25, 0.3) is 0 Å². The first-order valence-electron chi connectivity index (χ1n) is 7.00. The minimum absolute atomic E-state index is 0.478. The second kappa shape index (κ2) is 7.83. The molecule has 3 nitrogen and oxygen atoms in total. The minimum atomic E-state index is -1.75. The standard InChI is InChI=1S/C14H21BO3S/c16-15(17)18-13-6-8-14(9-7-13)19-11-10-12-4-2-1-3-5-12/h6-9,12,16-17H,1-5,10-11H2. The van der Waals surface area contributed by atoms with Crippen LogP contribution in [0.5, 0.6) is 5.75 Å². The molecule has 0 heterocycles. The maximum atomic E-state index is 8.69. The molecule has 1 aliphatic carbocycles. The van der Waals surface area contributed by atoms with Gasteiger partial charge in [-0.05, 0) is 42.4 Å². The van der Waals surface area contributed by atoms with Crippen LogP contribution in [0, 0.1) is 5.92 Å². The van der Waals surface area contributed by atoms with Crippen molar-refractivity contribution in [3.63, 3.8) is 0 Å². The summed E-state index contributed by atoms with van der Waals surface area (Å²) in [7, 11) is -1.75. The van der Waals surface area contributed by atoms with Crippen molar-refractivity contribution in [2.75, 3.05) is 5.75 Å². The monoisotopic (exact) mass is 280 g/mol. The van der Waals surface area contributed by atoms with Gasteiger partial charge in [-0.15, -0.1) is 11.8 Å². The van der Waals surface area contributed by atoms with Crippen molar-refractivity contribution in [3.8, 4) is 5.75 Å². The van der Waals surface area contributed by atoms with Crippen molar-refractivity contribution >= 4 is 19.1 Å². The molecule has 1 aromatic carbocycles. The second-order valence-electron chi connectivity index (χ2n) is 5.06. The molecule has 0 radical (unpaired) electrons. The van der Waals surface area contributed by atoms with Crippen molar-refractivity contribution in [3.05, 3.63) is 24.3 Å². The molecular weight excluding hydrogens is 259 g/mol. The molecule has 0 bridgehead atoms. The summed E-state index contributed by atoms with van der Waals surface area (Å²) in [5, 5.41) is 17.4. The minimum Gasteiger partial charge on any atom is -0.512 e. The Kier molecular flexibility index (Phi) is 6.08. The first kappa shape index (κ1) is 14.8. The van der Waals surface area contributed by atoms with E-state index < -0.39 is 7.32 Å². The maximum Gasteiger partial charge on any atom is 0.707 e. The lowest BCUT2D eigenvalue weighted by Crippen LogP contribution is -2.20. The zero-order chi connectivity index (χ0) is 13.5. The Morgan fingerprint density at radius 2 is 1.79 bits per heavy atom. The highest BCUT2D eigenvalue weighted by atomic mass is 32.2. The molecule has 1 saturated carbocycles. The summed E-state index contributed by atoms with van der Waals surface area (Å²) in [6, 6.07) is 7.46. The molecular formula is C14H21BO3S.